The quantitative estimate of drug-likeness (QED) is 0.209. The lowest BCUT2D eigenvalue weighted by Crippen LogP contribution is -2.56. The Morgan fingerprint density at radius 3 is 2.03 bits per heavy atom. The Labute approximate surface area is 170 Å². The first kappa shape index (κ1) is 26.3. The highest BCUT2D eigenvalue weighted by Crippen LogP contribution is 2.09. The van der Waals surface area contributed by atoms with Crippen molar-refractivity contribution in [1.82, 2.24) is 16.0 Å². The lowest BCUT2D eigenvalue weighted by atomic mass is 9.96. The van der Waals surface area contributed by atoms with Crippen molar-refractivity contribution >= 4 is 29.6 Å². The molecule has 11 heteroatoms. The molecule has 0 spiro atoms. The average molecular weight is 415 g/mol. The summed E-state index contributed by atoms with van der Waals surface area (Å²) in [6, 6.07) is -2.98. The predicted octanol–water partition coefficient (Wildman–Crippen LogP) is -1.55. The van der Waals surface area contributed by atoms with Crippen LogP contribution in [0, 0.1) is 11.8 Å². The second-order valence-corrected chi connectivity index (χ2v) is 7.32. The number of primary amides is 1. The number of carboxylic acid groups (broad SMARTS) is 1. The van der Waals surface area contributed by atoms with Crippen molar-refractivity contribution in [3.05, 3.63) is 0 Å². The van der Waals surface area contributed by atoms with Crippen LogP contribution < -0.4 is 27.4 Å². The van der Waals surface area contributed by atoms with E-state index in [1.807, 2.05) is 6.92 Å². The Morgan fingerprint density at radius 2 is 1.59 bits per heavy atom. The van der Waals surface area contributed by atoms with Gasteiger partial charge in [-0.3, -0.25) is 19.2 Å². The molecule has 0 fully saturated rings. The fourth-order valence-corrected chi connectivity index (χ4v) is 2.32. The number of carbonyl (C=O) groups excluding carboxylic acids is 4. The van der Waals surface area contributed by atoms with Gasteiger partial charge in [0.1, 0.15) is 12.1 Å². The number of hydrogen-bond donors (Lipinski definition) is 6. The topological polar surface area (TPSA) is 194 Å². The molecule has 11 nitrogen and oxygen atoms in total. The van der Waals surface area contributed by atoms with E-state index in [9.17, 15) is 24.0 Å². The maximum Gasteiger partial charge on any atom is 0.326 e. The third kappa shape index (κ3) is 9.88. The van der Waals surface area contributed by atoms with Crippen molar-refractivity contribution < 1.29 is 29.1 Å². The Hall–Kier alpha value is -2.69. The van der Waals surface area contributed by atoms with Gasteiger partial charge in [-0.15, -0.1) is 0 Å². The summed E-state index contributed by atoms with van der Waals surface area (Å²) in [6.07, 6.45) is 0.223. The van der Waals surface area contributed by atoms with Crippen LogP contribution in [0.4, 0.5) is 0 Å². The van der Waals surface area contributed by atoms with Gasteiger partial charge in [0.25, 0.3) is 0 Å². The minimum absolute atomic E-state index is 0.116. The SMILES string of the molecule is CCC(C)C(NC(=O)C(N)C(C)C)C(=O)NCC(=O)NC(CCC(N)=O)C(=O)O. The van der Waals surface area contributed by atoms with Crippen LogP contribution in [-0.4, -0.2) is 59.4 Å². The van der Waals surface area contributed by atoms with E-state index in [1.54, 1.807) is 20.8 Å². The molecule has 0 aromatic rings. The Kier molecular flexibility index (Phi) is 11.5. The smallest absolute Gasteiger partial charge is 0.326 e. The van der Waals surface area contributed by atoms with Crippen molar-refractivity contribution in [2.75, 3.05) is 6.54 Å². The molecule has 4 atom stereocenters. The summed E-state index contributed by atoms with van der Waals surface area (Å²) in [4.78, 5) is 58.6. The normalized spacial score (nSPS) is 15.0. The van der Waals surface area contributed by atoms with Crippen molar-refractivity contribution in [3.63, 3.8) is 0 Å². The zero-order valence-electron chi connectivity index (χ0n) is 17.4. The molecule has 0 saturated heterocycles. The Bertz CT molecular complexity index is 610. The molecule has 8 N–H and O–H groups in total. The summed E-state index contributed by atoms with van der Waals surface area (Å²) in [5, 5.41) is 16.3. The third-order valence-corrected chi connectivity index (χ3v) is 4.55. The fraction of sp³-hybridized carbons (Fsp3) is 0.722. The van der Waals surface area contributed by atoms with E-state index in [4.69, 9.17) is 16.6 Å². The molecule has 0 aromatic heterocycles. The van der Waals surface area contributed by atoms with E-state index in [0.29, 0.717) is 6.42 Å². The molecule has 0 bridgehead atoms. The van der Waals surface area contributed by atoms with Gasteiger partial charge in [0.15, 0.2) is 0 Å². The van der Waals surface area contributed by atoms with Crippen LogP contribution in [0.1, 0.15) is 47.0 Å². The minimum atomic E-state index is -1.32. The number of aliphatic carboxylic acids is 1. The molecule has 0 aliphatic carbocycles. The highest BCUT2D eigenvalue weighted by atomic mass is 16.4. The monoisotopic (exact) mass is 415 g/mol. The summed E-state index contributed by atoms with van der Waals surface area (Å²) < 4.78 is 0. The van der Waals surface area contributed by atoms with Crippen molar-refractivity contribution in [2.24, 2.45) is 23.3 Å². The number of rotatable bonds is 13. The van der Waals surface area contributed by atoms with E-state index in [1.165, 1.54) is 0 Å². The third-order valence-electron chi connectivity index (χ3n) is 4.55. The summed E-state index contributed by atoms with van der Waals surface area (Å²) in [5.41, 5.74) is 10.8. The van der Waals surface area contributed by atoms with Crippen LogP contribution >= 0.6 is 0 Å². The second-order valence-electron chi connectivity index (χ2n) is 7.32. The summed E-state index contributed by atoms with van der Waals surface area (Å²) in [5.74, 6) is -4.14. The molecule has 0 aliphatic heterocycles. The zero-order valence-corrected chi connectivity index (χ0v) is 17.4. The standard InChI is InChI=1S/C18H33N5O6/c1-5-10(4)15(23-16(26)14(20)9(2)3)17(27)21-8-13(25)22-11(18(28)29)6-7-12(19)24/h9-11,14-15H,5-8,20H2,1-4H3,(H2,19,24)(H,21,27)(H,22,25)(H,23,26)(H,28,29). The van der Waals surface area contributed by atoms with Crippen molar-refractivity contribution in [2.45, 2.75) is 65.1 Å². The first-order chi connectivity index (χ1) is 13.4. The predicted molar refractivity (Wildman–Crippen MR) is 105 cm³/mol. The molecule has 0 heterocycles. The van der Waals surface area contributed by atoms with Crippen LogP contribution in [0.5, 0.6) is 0 Å². The number of nitrogens with two attached hydrogens (primary N) is 2. The van der Waals surface area contributed by atoms with E-state index in [0.717, 1.165) is 0 Å². The van der Waals surface area contributed by atoms with Gasteiger partial charge in [-0.25, -0.2) is 4.79 Å². The molecule has 166 valence electrons. The van der Waals surface area contributed by atoms with Gasteiger partial charge in [-0.2, -0.15) is 0 Å². The highest BCUT2D eigenvalue weighted by molar-refractivity contribution is 5.92. The minimum Gasteiger partial charge on any atom is -0.480 e. The van der Waals surface area contributed by atoms with Gasteiger partial charge < -0.3 is 32.5 Å². The van der Waals surface area contributed by atoms with Gasteiger partial charge in [0, 0.05) is 6.42 Å². The summed E-state index contributed by atoms with van der Waals surface area (Å²) >= 11 is 0. The Morgan fingerprint density at radius 1 is 1.00 bits per heavy atom. The lowest BCUT2D eigenvalue weighted by Gasteiger charge is -2.26. The Balaban J connectivity index is 4.88. The summed E-state index contributed by atoms with van der Waals surface area (Å²) in [7, 11) is 0. The van der Waals surface area contributed by atoms with Crippen LogP contribution in [0.3, 0.4) is 0 Å². The number of carboxylic acids is 1. The first-order valence-electron chi connectivity index (χ1n) is 9.54. The number of nitrogens with one attached hydrogen (secondary N) is 3. The van der Waals surface area contributed by atoms with Crippen LogP contribution in [0.15, 0.2) is 0 Å². The average Bonchev–Trinajstić information content (AvgIpc) is 2.65. The zero-order chi connectivity index (χ0) is 22.7. The molecule has 29 heavy (non-hydrogen) atoms. The largest absolute Gasteiger partial charge is 0.480 e. The molecule has 4 amide bonds. The van der Waals surface area contributed by atoms with E-state index >= 15 is 0 Å². The maximum atomic E-state index is 12.5. The van der Waals surface area contributed by atoms with Gasteiger partial charge in [0.2, 0.25) is 23.6 Å². The number of hydrogen-bond acceptors (Lipinski definition) is 6. The molecule has 0 radical (unpaired) electrons. The molecule has 0 saturated carbocycles. The highest BCUT2D eigenvalue weighted by Gasteiger charge is 2.29. The van der Waals surface area contributed by atoms with Crippen LogP contribution in [-0.2, 0) is 24.0 Å². The molecular weight excluding hydrogens is 382 g/mol. The van der Waals surface area contributed by atoms with Gasteiger partial charge in [-0.1, -0.05) is 34.1 Å². The summed E-state index contributed by atoms with van der Waals surface area (Å²) in [6.45, 7) is 6.70. The molecule has 4 unspecified atom stereocenters. The fourth-order valence-electron chi connectivity index (χ4n) is 2.32. The number of carbonyl (C=O) groups is 5. The molecular formula is C18H33N5O6. The van der Waals surface area contributed by atoms with E-state index in [-0.39, 0.29) is 24.7 Å². The van der Waals surface area contributed by atoms with Gasteiger partial charge in [-0.05, 0) is 18.3 Å². The lowest BCUT2D eigenvalue weighted by molar-refractivity contribution is -0.142. The van der Waals surface area contributed by atoms with Crippen molar-refractivity contribution in [1.29, 1.82) is 0 Å². The van der Waals surface area contributed by atoms with Crippen LogP contribution in [0.25, 0.3) is 0 Å². The van der Waals surface area contributed by atoms with Crippen LogP contribution in [0.2, 0.25) is 0 Å². The molecule has 0 rings (SSSR count). The first-order valence-corrected chi connectivity index (χ1v) is 9.54. The number of amides is 4. The van der Waals surface area contributed by atoms with Gasteiger partial charge in [0.05, 0.1) is 12.6 Å². The second kappa shape index (κ2) is 12.7. The van der Waals surface area contributed by atoms with E-state index < -0.39 is 54.3 Å². The maximum absolute atomic E-state index is 12.5. The molecule has 0 aromatic carbocycles. The van der Waals surface area contributed by atoms with Crippen molar-refractivity contribution in [3.8, 4) is 0 Å². The van der Waals surface area contributed by atoms with Gasteiger partial charge >= 0.3 is 5.97 Å². The molecule has 0 aliphatic rings. The van der Waals surface area contributed by atoms with E-state index in [2.05, 4.69) is 16.0 Å².